The number of nitrogens with zero attached hydrogens (tertiary/aromatic N) is 2. The van der Waals surface area contributed by atoms with E-state index in [0.29, 0.717) is 22.7 Å². The van der Waals surface area contributed by atoms with E-state index >= 15 is 0 Å². The van der Waals surface area contributed by atoms with Crippen LogP contribution in [-0.4, -0.2) is 19.9 Å². The number of nitrogens with one attached hydrogen (secondary N) is 2. The molecule has 8 nitrogen and oxygen atoms in total. The molecule has 55 heavy (non-hydrogen) atoms. The van der Waals surface area contributed by atoms with Gasteiger partial charge in [0.1, 0.15) is 0 Å². The Kier molecular flexibility index (Phi) is 10.00. The van der Waals surface area contributed by atoms with Crippen LogP contribution in [0.3, 0.4) is 0 Å². The van der Waals surface area contributed by atoms with Crippen molar-refractivity contribution in [3.63, 3.8) is 0 Å². The van der Waals surface area contributed by atoms with Crippen LogP contribution in [0.15, 0.2) is 121 Å². The number of aromatic amines is 2. The Labute approximate surface area is 333 Å². The molecule has 7 aromatic rings. The van der Waals surface area contributed by atoms with Gasteiger partial charge in [0.25, 0.3) is 0 Å². The zero-order valence-electron chi connectivity index (χ0n) is 29.1. The summed E-state index contributed by atoms with van der Waals surface area (Å²) in [4.78, 5) is 18.2. The zero-order valence-corrected chi connectivity index (χ0v) is 32.3. The second kappa shape index (κ2) is 15.3. The SMILES string of the molecule is Nc1ccc(-c2c3nc(c(-c4ccc(N)cc4)c4ccc([nH]4)c(-c4ccc(N)cc4)c4nc(c(-c5ccc(N)cc5)c5ccc2[nH]5)C=C4)C=C3)cc1.[Cl][Rh][Cl]. The molecule has 0 spiro atoms. The summed E-state index contributed by atoms with van der Waals surface area (Å²) in [5.41, 5.74) is 41.9. The average molecular weight is 849 g/mol. The molecule has 0 amide bonds. The number of nitrogen functional groups attached to an aromatic ring is 4. The maximum absolute atomic E-state index is 6.15. The van der Waals surface area contributed by atoms with Gasteiger partial charge in [-0.25, -0.2) is 9.97 Å². The molecule has 2 aliphatic heterocycles. The normalized spacial score (nSPS) is 11.7. The van der Waals surface area contributed by atoms with Crippen LogP contribution < -0.4 is 22.9 Å². The molecular formula is C44H34Cl2N8Rh. The van der Waals surface area contributed by atoms with Crippen LogP contribution in [-0.2, 0) is 15.1 Å². The molecule has 8 bridgehead atoms. The van der Waals surface area contributed by atoms with E-state index in [1.54, 1.807) is 0 Å². The van der Waals surface area contributed by atoms with Gasteiger partial charge in [0, 0.05) is 67.1 Å². The van der Waals surface area contributed by atoms with Gasteiger partial charge in [-0.2, -0.15) is 0 Å². The third kappa shape index (κ3) is 7.25. The molecule has 5 heterocycles. The molecule has 0 saturated carbocycles. The van der Waals surface area contributed by atoms with Crippen LogP contribution in [0.1, 0.15) is 22.8 Å². The van der Waals surface area contributed by atoms with Crippen molar-refractivity contribution in [2.75, 3.05) is 22.9 Å². The topological polar surface area (TPSA) is 161 Å². The first-order chi connectivity index (χ1) is 26.8. The van der Waals surface area contributed by atoms with Crippen LogP contribution in [0.2, 0.25) is 0 Å². The number of hydrogen-bond acceptors (Lipinski definition) is 6. The molecule has 10 N–H and O–H groups in total. The summed E-state index contributed by atoms with van der Waals surface area (Å²) in [6.07, 6.45) is 8.29. The fraction of sp³-hybridized carbons (Fsp3) is 0. The van der Waals surface area contributed by atoms with Crippen LogP contribution >= 0.6 is 19.4 Å². The quantitative estimate of drug-likeness (QED) is 0.0763. The number of nitrogens with two attached hydrogens (primary N) is 4. The third-order valence-electron chi connectivity index (χ3n) is 9.55. The van der Waals surface area contributed by atoms with Crippen molar-refractivity contribution in [2.24, 2.45) is 0 Å². The predicted molar refractivity (Wildman–Crippen MR) is 230 cm³/mol. The number of aromatic nitrogens is 4. The second-order valence-corrected chi connectivity index (χ2v) is 15.5. The van der Waals surface area contributed by atoms with Crippen molar-refractivity contribution in [1.82, 2.24) is 19.9 Å². The van der Waals surface area contributed by atoms with Crippen molar-refractivity contribution in [3.8, 4) is 44.5 Å². The molecule has 0 atom stereocenters. The summed E-state index contributed by atoms with van der Waals surface area (Å²) in [6, 6.07) is 40.0. The number of rotatable bonds is 4. The summed E-state index contributed by atoms with van der Waals surface area (Å²) in [5.74, 6) is 0. The number of anilines is 4. The van der Waals surface area contributed by atoms with Crippen molar-refractivity contribution in [2.45, 2.75) is 0 Å². The molecule has 9 rings (SSSR count). The van der Waals surface area contributed by atoms with Crippen molar-refractivity contribution < 1.29 is 15.1 Å². The first kappa shape index (κ1) is 35.9. The van der Waals surface area contributed by atoms with Gasteiger partial charge >= 0.3 is 34.5 Å². The van der Waals surface area contributed by atoms with E-state index in [0.717, 1.165) is 89.4 Å². The molecule has 0 fully saturated rings. The fourth-order valence-corrected chi connectivity index (χ4v) is 7.02. The first-order valence-corrected chi connectivity index (χ1v) is 21.4. The Hall–Kier alpha value is -6.12. The average Bonchev–Trinajstić information content (AvgIpc) is 4.03. The van der Waals surface area contributed by atoms with Gasteiger partial charge in [0.05, 0.1) is 22.8 Å². The molecule has 2 aliphatic rings. The molecule has 4 aromatic carbocycles. The van der Waals surface area contributed by atoms with Gasteiger partial charge in [-0.3, -0.25) is 0 Å². The Morgan fingerprint density at radius 2 is 0.545 bits per heavy atom. The second-order valence-electron chi connectivity index (χ2n) is 13.0. The van der Waals surface area contributed by atoms with Crippen molar-refractivity contribution in [1.29, 1.82) is 0 Å². The Balaban J connectivity index is 0.00000138. The summed E-state index contributed by atoms with van der Waals surface area (Å²) in [6.45, 7) is 0. The number of benzene rings is 4. The van der Waals surface area contributed by atoms with E-state index in [2.05, 4.69) is 58.5 Å². The van der Waals surface area contributed by atoms with Gasteiger partial charge in [-0.1, -0.05) is 48.5 Å². The van der Waals surface area contributed by atoms with Crippen LogP contribution in [0.5, 0.6) is 0 Å². The Morgan fingerprint density at radius 3 is 0.745 bits per heavy atom. The number of halogens is 2. The fourth-order valence-electron chi connectivity index (χ4n) is 7.02. The van der Waals surface area contributed by atoms with E-state index in [1.807, 2.05) is 97.1 Å². The van der Waals surface area contributed by atoms with Crippen molar-refractivity contribution in [3.05, 3.63) is 144 Å². The van der Waals surface area contributed by atoms with E-state index in [4.69, 9.17) is 52.3 Å². The van der Waals surface area contributed by atoms with Crippen LogP contribution in [0, 0.1) is 0 Å². The Bertz CT molecular complexity index is 2400. The predicted octanol–water partition coefficient (Wildman–Crippen LogP) is 11.0. The zero-order chi connectivity index (χ0) is 38.1. The molecule has 273 valence electrons. The summed E-state index contributed by atoms with van der Waals surface area (Å²) in [7, 11) is 9.67. The van der Waals surface area contributed by atoms with E-state index in [-0.39, 0.29) is 15.1 Å². The minimum atomic E-state index is -0.226. The minimum absolute atomic E-state index is 0.226. The summed E-state index contributed by atoms with van der Waals surface area (Å²) >= 11 is -0.226. The van der Waals surface area contributed by atoms with Crippen molar-refractivity contribution >= 4 is 88.5 Å². The Morgan fingerprint density at radius 1 is 0.345 bits per heavy atom. The van der Waals surface area contributed by atoms with Gasteiger partial charge in [-0.05, 0) is 119 Å². The molecule has 0 aliphatic carbocycles. The summed E-state index contributed by atoms with van der Waals surface area (Å²) in [5, 5.41) is 0. The molecule has 3 aromatic heterocycles. The molecular weight excluding hydrogens is 814 g/mol. The molecule has 0 saturated heterocycles. The van der Waals surface area contributed by atoms with Gasteiger partial charge in [0.15, 0.2) is 0 Å². The number of fused-ring (bicyclic) bond motifs is 8. The van der Waals surface area contributed by atoms with Gasteiger partial charge in [-0.15, -0.1) is 0 Å². The standard InChI is InChI=1S/C44H34N8.2ClH.Rh/c45-29-9-1-25(2-10-29)41-33-17-19-35(49-33)42(26-3-11-30(46)12-4-26)37-21-23-39(51-37)44(28-7-15-32(48)16-8-28)40-24-22-38(52-40)43(36-20-18-34(41)50-36)27-5-13-31(47)14-6-27;;;/h1-24,49,52H,45-48H2;2*1H;/q;;;+2/p-2. The van der Waals surface area contributed by atoms with Crippen LogP contribution in [0.4, 0.5) is 22.7 Å². The van der Waals surface area contributed by atoms with Gasteiger partial charge < -0.3 is 32.9 Å². The first-order valence-electron chi connectivity index (χ1n) is 17.2. The molecule has 11 heteroatoms. The molecule has 0 radical (unpaired) electrons. The third-order valence-corrected chi connectivity index (χ3v) is 9.55. The number of H-pyrrole nitrogens is 2. The number of hydrogen-bond donors (Lipinski definition) is 6. The summed E-state index contributed by atoms with van der Waals surface area (Å²) < 4.78 is 0. The van der Waals surface area contributed by atoms with Gasteiger partial charge in [0.2, 0.25) is 0 Å². The monoisotopic (exact) mass is 847 g/mol. The van der Waals surface area contributed by atoms with E-state index in [9.17, 15) is 0 Å². The maximum atomic E-state index is 6.15. The van der Waals surface area contributed by atoms with E-state index < -0.39 is 0 Å². The molecule has 0 unspecified atom stereocenters. The van der Waals surface area contributed by atoms with E-state index in [1.165, 1.54) is 0 Å². The van der Waals surface area contributed by atoms with Crippen LogP contribution in [0.25, 0.3) is 90.9 Å².